The lowest BCUT2D eigenvalue weighted by Gasteiger charge is -2.58. The number of amides is 1. The standard InChI is InChI=1S/C32H39NO6/c34-30(36-20-23-8-2-1-3-9-23)33-17-16-32-15-7-6-12-27(32)29(33)18-25-13-14-26(19-28(25)32)38-22-39-31(35)37-21-24-10-4-5-11-24/h1-3,8-9,13-14,19,24,27,29H,4-7,10-12,15-18,20-22H2/t27-,29+,32-/m1/s1. The van der Waals surface area contributed by atoms with Crippen LogP contribution in [0.15, 0.2) is 48.5 Å². The normalized spacial score (nSPS) is 25.8. The van der Waals surface area contributed by atoms with E-state index in [1.807, 2.05) is 41.3 Å². The Morgan fingerprint density at radius 3 is 2.56 bits per heavy atom. The third-order valence-electron chi connectivity index (χ3n) is 9.56. The van der Waals surface area contributed by atoms with Crippen molar-refractivity contribution in [2.45, 2.75) is 82.3 Å². The molecule has 1 heterocycles. The van der Waals surface area contributed by atoms with Crippen molar-refractivity contribution in [2.24, 2.45) is 11.8 Å². The van der Waals surface area contributed by atoms with E-state index in [2.05, 4.69) is 12.1 Å². The van der Waals surface area contributed by atoms with Crippen molar-refractivity contribution in [1.82, 2.24) is 4.90 Å². The average molecular weight is 534 g/mol. The number of hydrogen-bond donors (Lipinski definition) is 0. The van der Waals surface area contributed by atoms with Crippen LogP contribution < -0.4 is 4.74 Å². The molecule has 0 aromatic heterocycles. The fraction of sp³-hybridized carbons (Fsp3) is 0.562. The summed E-state index contributed by atoms with van der Waals surface area (Å²) in [4.78, 5) is 27.2. The van der Waals surface area contributed by atoms with Crippen LogP contribution in [-0.4, -0.2) is 43.1 Å². The fourth-order valence-corrected chi connectivity index (χ4v) is 7.65. The van der Waals surface area contributed by atoms with E-state index in [4.69, 9.17) is 18.9 Å². The van der Waals surface area contributed by atoms with Gasteiger partial charge in [-0.25, -0.2) is 9.59 Å². The molecule has 4 aliphatic rings. The van der Waals surface area contributed by atoms with Crippen molar-refractivity contribution in [2.75, 3.05) is 19.9 Å². The summed E-state index contributed by atoms with van der Waals surface area (Å²) in [5, 5.41) is 0. The second-order valence-corrected chi connectivity index (χ2v) is 11.7. The third-order valence-corrected chi connectivity index (χ3v) is 9.56. The van der Waals surface area contributed by atoms with Gasteiger partial charge in [0.25, 0.3) is 0 Å². The number of nitrogens with zero attached hydrogens (tertiary/aromatic N) is 1. The Labute approximate surface area is 230 Å². The van der Waals surface area contributed by atoms with Gasteiger partial charge in [-0.15, -0.1) is 0 Å². The minimum absolute atomic E-state index is 0.0488. The summed E-state index contributed by atoms with van der Waals surface area (Å²) >= 11 is 0. The Hall–Kier alpha value is -3.22. The van der Waals surface area contributed by atoms with Crippen LogP contribution in [0.2, 0.25) is 0 Å². The van der Waals surface area contributed by atoms with E-state index in [0.29, 0.717) is 37.3 Å². The van der Waals surface area contributed by atoms with Gasteiger partial charge in [0.2, 0.25) is 6.79 Å². The van der Waals surface area contributed by atoms with Crippen molar-refractivity contribution < 1.29 is 28.5 Å². The van der Waals surface area contributed by atoms with Gasteiger partial charge in [0, 0.05) is 18.0 Å². The van der Waals surface area contributed by atoms with Crippen LogP contribution in [0, 0.1) is 11.8 Å². The number of fused-ring (bicyclic) bond motifs is 1. The average Bonchev–Trinajstić information content (AvgIpc) is 3.50. The minimum Gasteiger partial charge on any atom is -0.457 e. The first-order valence-corrected chi connectivity index (χ1v) is 14.7. The molecule has 3 fully saturated rings. The summed E-state index contributed by atoms with van der Waals surface area (Å²) < 4.78 is 22.1. The Bertz CT molecular complexity index is 1160. The molecule has 6 rings (SSSR count). The number of hydrogen-bond acceptors (Lipinski definition) is 6. The second kappa shape index (κ2) is 11.5. The molecule has 1 aliphatic heterocycles. The Balaban J connectivity index is 1.11. The maximum absolute atomic E-state index is 13.2. The third kappa shape index (κ3) is 5.45. The lowest BCUT2D eigenvalue weighted by molar-refractivity contribution is -0.0146. The summed E-state index contributed by atoms with van der Waals surface area (Å²) in [5.41, 5.74) is 3.68. The Morgan fingerprint density at radius 1 is 0.897 bits per heavy atom. The molecule has 3 atom stereocenters. The van der Waals surface area contributed by atoms with Crippen LogP contribution in [0.4, 0.5) is 9.59 Å². The molecule has 1 saturated heterocycles. The highest BCUT2D eigenvalue weighted by Gasteiger charge is 2.55. The second-order valence-electron chi connectivity index (χ2n) is 11.7. The smallest absolute Gasteiger partial charge is 0.457 e. The summed E-state index contributed by atoms with van der Waals surface area (Å²) in [6, 6.07) is 16.2. The molecule has 208 valence electrons. The molecule has 0 spiro atoms. The van der Waals surface area contributed by atoms with E-state index in [1.54, 1.807) is 0 Å². The Kier molecular flexibility index (Phi) is 7.67. The molecular formula is C32H39NO6. The van der Waals surface area contributed by atoms with Crippen LogP contribution in [0.5, 0.6) is 5.75 Å². The number of piperidine rings is 1. The van der Waals surface area contributed by atoms with E-state index < -0.39 is 6.16 Å². The van der Waals surface area contributed by atoms with Crippen LogP contribution in [0.3, 0.4) is 0 Å². The number of carbonyl (C=O) groups is 2. The van der Waals surface area contributed by atoms with Crippen molar-refractivity contribution in [3.63, 3.8) is 0 Å². The zero-order valence-corrected chi connectivity index (χ0v) is 22.6. The molecule has 0 radical (unpaired) electrons. The molecule has 7 heteroatoms. The molecule has 0 N–H and O–H groups in total. The quantitative estimate of drug-likeness (QED) is 0.289. The van der Waals surface area contributed by atoms with Gasteiger partial charge in [-0.05, 0) is 79.2 Å². The first kappa shape index (κ1) is 26.0. The summed E-state index contributed by atoms with van der Waals surface area (Å²) in [6.45, 7) is 1.27. The maximum Gasteiger partial charge on any atom is 0.511 e. The van der Waals surface area contributed by atoms with Gasteiger partial charge in [-0.3, -0.25) is 0 Å². The van der Waals surface area contributed by atoms with Crippen LogP contribution in [0.25, 0.3) is 0 Å². The summed E-state index contributed by atoms with van der Waals surface area (Å²) in [5.74, 6) is 1.58. The lowest BCUT2D eigenvalue weighted by Crippen LogP contribution is -2.62. The predicted molar refractivity (Wildman–Crippen MR) is 145 cm³/mol. The van der Waals surface area contributed by atoms with Gasteiger partial charge in [0.05, 0.1) is 6.61 Å². The van der Waals surface area contributed by atoms with Crippen molar-refractivity contribution >= 4 is 12.2 Å². The highest BCUT2D eigenvalue weighted by Crippen LogP contribution is 2.56. The van der Waals surface area contributed by atoms with Gasteiger partial charge in [-0.2, -0.15) is 0 Å². The maximum atomic E-state index is 13.2. The zero-order valence-electron chi connectivity index (χ0n) is 22.6. The van der Waals surface area contributed by atoms with Crippen LogP contribution in [0.1, 0.15) is 74.5 Å². The van der Waals surface area contributed by atoms with Crippen LogP contribution >= 0.6 is 0 Å². The monoisotopic (exact) mass is 533 g/mol. The number of ether oxygens (including phenoxy) is 4. The van der Waals surface area contributed by atoms with Crippen molar-refractivity contribution in [3.05, 3.63) is 65.2 Å². The molecule has 2 aromatic rings. The first-order chi connectivity index (χ1) is 19.1. The number of likely N-dealkylation sites (tertiary alicyclic amines) is 1. The van der Waals surface area contributed by atoms with Crippen molar-refractivity contribution in [1.29, 1.82) is 0 Å². The van der Waals surface area contributed by atoms with Gasteiger partial charge >= 0.3 is 12.2 Å². The largest absolute Gasteiger partial charge is 0.511 e. The molecular weight excluding hydrogens is 494 g/mol. The minimum atomic E-state index is -0.667. The number of rotatable bonds is 7. The van der Waals surface area contributed by atoms with E-state index >= 15 is 0 Å². The zero-order chi connectivity index (χ0) is 26.7. The van der Waals surface area contributed by atoms with Crippen LogP contribution in [-0.2, 0) is 32.7 Å². The van der Waals surface area contributed by atoms with E-state index in [9.17, 15) is 9.59 Å². The molecule has 0 unspecified atom stereocenters. The molecule has 39 heavy (non-hydrogen) atoms. The molecule has 3 aliphatic carbocycles. The molecule has 2 aromatic carbocycles. The SMILES string of the molecule is O=C(OCOc1ccc2c(c1)[C@@]13CCCC[C@@H]1[C@H](C2)N(C(=O)OCc1ccccc1)CC3)OCC1CCCC1. The lowest BCUT2D eigenvalue weighted by atomic mass is 9.52. The highest BCUT2D eigenvalue weighted by molar-refractivity contribution is 5.69. The summed E-state index contributed by atoms with van der Waals surface area (Å²) in [6.07, 6.45) is 10.2. The van der Waals surface area contributed by atoms with Gasteiger partial charge in [-0.1, -0.05) is 62.1 Å². The number of carbonyl (C=O) groups excluding carboxylic acids is 2. The van der Waals surface area contributed by atoms with E-state index in [-0.39, 0.29) is 24.3 Å². The van der Waals surface area contributed by atoms with Gasteiger partial charge in [0.15, 0.2) is 0 Å². The van der Waals surface area contributed by atoms with E-state index in [0.717, 1.165) is 44.1 Å². The van der Waals surface area contributed by atoms with Crippen molar-refractivity contribution in [3.8, 4) is 5.75 Å². The highest BCUT2D eigenvalue weighted by atomic mass is 16.8. The number of benzene rings is 2. The summed E-state index contributed by atoms with van der Waals surface area (Å²) in [7, 11) is 0. The first-order valence-electron chi connectivity index (χ1n) is 14.7. The fourth-order valence-electron chi connectivity index (χ4n) is 7.65. The van der Waals surface area contributed by atoms with Gasteiger partial charge < -0.3 is 23.8 Å². The molecule has 2 bridgehead atoms. The topological polar surface area (TPSA) is 74.3 Å². The Morgan fingerprint density at radius 2 is 1.72 bits per heavy atom. The molecule has 1 amide bonds. The molecule has 7 nitrogen and oxygen atoms in total. The van der Waals surface area contributed by atoms with E-state index in [1.165, 1.54) is 36.8 Å². The van der Waals surface area contributed by atoms with Gasteiger partial charge in [0.1, 0.15) is 12.4 Å². The molecule has 2 saturated carbocycles. The predicted octanol–water partition coefficient (Wildman–Crippen LogP) is 6.76.